The Hall–Kier alpha value is -3.18. The second-order valence-corrected chi connectivity index (χ2v) is 17.4. The minimum atomic E-state index is -0.563. The number of rotatable bonds is 48. The molecule has 366 valence electrons. The summed E-state index contributed by atoms with van der Waals surface area (Å²) in [5, 5.41) is 0. The topological polar surface area (TPSA) is 61.8 Å². The smallest absolute Gasteiger partial charge is 0.306 e. The highest BCUT2D eigenvalue weighted by atomic mass is 16.6. The standard InChI is InChI=1S/C59H100O5/c1-4-7-10-13-16-19-22-25-27-29-30-32-33-35-37-40-43-46-49-52-58(60)63-56-57(55-62-54-51-48-45-42-39-24-21-18-15-12-9-6-3)64-59(61)53-50-47-44-41-38-36-34-31-28-26-23-20-17-14-11-8-5-2/h8,11,15-20,25-28,30,32,34,36,57H,4-7,9-10,12-14,21-24,29,31,33,35,37-56H2,1-3H3/b11-8-,18-15-,19-16-,20-17-,27-25-,28-26-,32-30-,36-34-. The maximum absolute atomic E-state index is 12.8. The molecular formula is C59H100O5. The van der Waals surface area contributed by atoms with E-state index >= 15 is 0 Å². The van der Waals surface area contributed by atoms with E-state index in [-0.39, 0.29) is 25.2 Å². The summed E-state index contributed by atoms with van der Waals surface area (Å²) in [6, 6.07) is 0. The number of ether oxygens (including phenoxy) is 3. The molecule has 0 saturated carbocycles. The molecule has 0 saturated heterocycles. The van der Waals surface area contributed by atoms with Crippen LogP contribution in [0.5, 0.6) is 0 Å². The first-order valence-electron chi connectivity index (χ1n) is 26.8. The molecule has 0 aliphatic heterocycles. The van der Waals surface area contributed by atoms with Crippen molar-refractivity contribution >= 4 is 11.9 Å². The quantitative estimate of drug-likeness (QED) is 0.0346. The Morgan fingerprint density at radius 3 is 1.19 bits per heavy atom. The number of hydrogen-bond acceptors (Lipinski definition) is 5. The molecule has 0 rings (SSSR count). The largest absolute Gasteiger partial charge is 0.462 e. The molecule has 0 spiro atoms. The average molecular weight is 889 g/mol. The van der Waals surface area contributed by atoms with Gasteiger partial charge < -0.3 is 14.2 Å². The molecule has 0 amide bonds. The molecule has 1 atom stereocenters. The number of unbranched alkanes of at least 4 members (excludes halogenated alkanes) is 21. The molecule has 0 aliphatic carbocycles. The van der Waals surface area contributed by atoms with Crippen LogP contribution in [-0.4, -0.2) is 37.9 Å². The lowest BCUT2D eigenvalue weighted by atomic mass is 10.1. The van der Waals surface area contributed by atoms with Gasteiger partial charge in [-0.1, -0.05) is 208 Å². The predicted octanol–water partition coefficient (Wildman–Crippen LogP) is 18.2. The van der Waals surface area contributed by atoms with E-state index in [0.717, 1.165) is 109 Å². The highest BCUT2D eigenvalue weighted by molar-refractivity contribution is 5.70. The Bertz CT molecular complexity index is 1230. The lowest BCUT2D eigenvalue weighted by molar-refractivity contribution is -0.163. The molecule has 0 aromatic heterocycles. The summed E-state index contributed by atoms with van der Waals surface area (Å²) in [6.07, 6.45) is 72.7. The zero-order valence-electron chi connectivity index (χ0n) is 42.0. The van der Waals surface area contributed by atoms with E-state index in [1.165, 1.54) is 96.3 Å². The summed E-state index contributed by atoms with van der Waals surface area (Å²) in [7, 11) is 0. The molecule has 64 heavy (non-hydrogen) atoms. The average Bonchev–Trinajstić information content (AvgIpc) is 3.30. The second kappa shape index (κ2) is 54.2. The van der Waals surface area contributed by atoms with Gasteiger partial charge in [-0.2, -0.15) is 0 Å². The van der Waals surface area contributed by atoms with Gasteiger partial charge in [-0.25, -0.2) is 0 Å². The molecule has 0 bridgehead atoms. The molecule has 0 aliphatic rings. The molecule has 0 N–H and O–H groups in total. The normalized spacial score (nSPS) is 13.0. The van der Waals surface area contributed by atoms with Crippen molar-refractivity contribution in [2.24, 2.45) is 0 Å². The van der Waals surface area contributed by atoms with Gasteiger partial charge in [-0.15, -0.1) is 0 Å². The Kier molecular flexibility index (Phi) is 51.5. The minimum Gasteiger partial charge on any atom is -0.462 e. The van der Waals surface area contributed by atoms with Gasteiger partial charge in [0.2, 0.25) is 0 Å². The van der Waals surface area contributed by atoms with E-state index in [2.05, 4.69) is 118 Å². The Morgan fingerprint density at radius 2 is 0.719 bits per heavy atom. The molecular weight excluding hydrogens is 789 g/mol. The Balaban J connectivity index is 4.33. The van der Waals surface area contributed by atoms with E-state index < -0.39 is 6.10 Å². The van der Waals surface area contributed by atoms with Gasteiger partial charge in [-0.3, -0.25) is 9.59 Å². The van der Waals surface area contributed by atoms with Crippen molar-refractivity contribution in [3.05, 3.63) is 97.2 Å². The summed E-state index contributed by atoms with van der Waals surface area (Å²) in [4.78, 5) is 25.4. The molecule has 0 radical (unpaired) electrons. The first-order chi connectivity index (χ1) is 31.6. The molecule has 5 nitrogen and oxygen atoms in total. The van der Waals surface area contributed by atoms with Gasteiger partial charge in [-0.05, 0) is 116 Å². The molecule has 0 heterocycles. The van der Waals surface area contributed by atoms with Crippen LogP contribution in [0.15, 0.2) is 97.2 Å². The number of carbonyl (C=O) groups is 2. The van der Waals surface area contributed by atoms with Crippen LogP contribution in [0.1, 0.15) is 239 Å². The van der Waals surface area contributed by atoms with Gasteiger partial charge in [0.25, 0.3) is 0 Å². The van der Waals surface area contributed by atoms with Crippen molar-refractivity contribution in [3.8, 4) is 0 Å². The minimum absolute atomic E-state index is 0.0613. The van der Waals surface area contributed by atoms with E-state index in [1.54, 1.807) is 0 Å². The van der Waals surface area contributed by atoms with E-state index in [0.29, 0.717) is 19.4 Å². The van der Waals surface area contributed by atoms with E-state index in [9.17, 15) is 9.59 Å². The van der Waals surface area contributed by atoms with Crippen molar-refractivity contribution < 1.29 is 23.8 Å². The van der Waals surface area contributed by atoms with E-state index in [1.807, 2.05) is 0 Å². The number of hydrogen-bond donors (Lipinski definition) is 0. The third kappa shape index (κ3) is 51.5. The zero-order valence-corrected chi connectivity index (χ0v) is 42.0. The monoisotopic (exact) mass is 889 g/mol. The summed E-state index contributed by atoms with van der Waals surface area (Å²) >= 11 is 0. The summed E-state index contributed by atoms with van der Waals surface area (Å²) < 4.78 is 17.4. The number of esters is 2. The molecule has 0 aromatic rings. The lowest BCUT2D eigenvalue weighted by Gasteiger charge is -2.18. The van der Waals surface area contributed by atoms with Crippen LogP contribution in [-0.2, 0) is 23.8 Å². The third-order valence-corrected chi connectivity index (χ3v) is 11.1. The van der Waals surface area contributed by atoms with Crippen molar-refractivity contribution in [2.75, 3.05) is 19.8 Å². The van der Waals surface area contributed by atoms with Crippen LogP contribution in [0.3, 0.4) is 0 Å². The zero-order chi connectivity index (χ0) is 46.3. The highest BCUT2D eigenvalue weighted by Gasteiger charge is 2.17. The van der Waals surface area contributed by atoms with Crippen LogP contribution in [0.4, 0.5) is 0 Å². The highest BCUT2D eigenvalue weighted by Crippen LogP contribution is 2.13. The SMILES string of the molecule is CC/C=C\C/C=C\C/C=C\C/C=C\CCCCCCC(=O)OC(COCCCCCCCC/C=C\CCCC)COC(=O)CCCCCCCC/C=C\C/C=C\C/C=C\CCCCC. The van der Waals surface area contributed by atoms with Crippen LogP contribution in [0, 0.1) is 0 Å². The van der Waals surface area contributed by atoms with Crippen LogP contribution < -0.4 is 0 Å². The van der Waals surface area contributed by atoms with E-state index in [4.69, 9.17) is 14.2 Å². The van der Waals surface area contributed by atoms with Gasteiger partial charge in [0.1, 0.15) is 6.61 Å². The Labute approximate surface area is 396 Å². The lowest BCUT2D eigenvalue weighted by Crippen LogP contribution is -2.30. The van der Waals surface area contributed by atoms with Gasteiger partial charge in [0, 0.05) is 19.4 Å². The van der Waals surface area contributed by atoms with Crippen LogP contribution >= 0.6 is 0 Å². The maximum atomic E-state index is 12.8. The fraction of sp³-hybridized carbons (Fsp3) is 0.695. The van der Waals surface area contributed by atoms with Crippen molar-refractivity contribution in [1.82, 2.24) is 0 Å². The number of carbonyl (C=O) groups excluding carboxylic acids is 2. The summed E-state index contributed by atoms with van der Waals surface area (Å²) in [6.45, 7) is 7.60. The third-order valence-electron chi connectivity index (χ3n) is 11.1. The van der Waals surface area contributed by atoms with Gasteiger partial charge in [0.15, 0.2) is 6.10 Å². The van der Waals surface area contributed by atoms with Crippen LogP contribution in [0.25, 0.3) is 0 Å². The van der Waals surface area contributed by atoms with Crippen molar-refractivity contribution in [3.63, 3.8) is 0 Å². The molecule has 0 aromatic carbocycles. The second-order valence-electron chi connectivity index (χ2n) is 17.4. The van der Waals surface area contributed by atoms with Gasteiger partial charge in [0.05, 0.1) is 6.61 Å². The van der Waals surface area contributed by atoms with Crippen molar-refractivity contribution in [1.29, 1.82) is 0 Å². The first-order valence-corrected chi connectivity index (χ1v) is 26.8. The fourth-order valence-electron chi connectivity index (χ4n) is 7.08. The molecule has 0 fully saturated rings. The maximum Gasteiger partial charge on any atom is 0.306 e. The summed E-state index contributed by atoms with van der Waals surface area (Å²) in [5.74, 6) is -0.444. The first kappa shape index (κ1) is 60.8. The molecule has 5 heteroatoms. The van der Waals surface area contributed by atoms with Crippen molar-refractivity contribution in [2.45, 2.75) is 245 Å². The molecule has 1 unspecified atom stereocenters. The van der Waals surface area contributed by atoms with Crippen LogP contribution in [0.2, 0.25) is 0 Å². The predicted molar refractivity (Wildman–Crippen MR) is 279 cm³/mol. The summed E-state index contributed by atoms with van der Waals surface area (Å²) in [5.41, 5.74) is 0. The Morgan fingerprint density at radius 1 is 0.359 bits per heavy atom. The number of allylic oxidation sites excluding steroid dienone is 16. The fourth-order valence-corrected chi connectivity index (χ4v) is 7.08. The van der Waals surface area contributed by atoms with Gasteiger partial charge >= 0.3 is 11.9 Å².